The molecule has 0 saturated heterocycles. The zero-order valence-corrected chi connectivity index (χ0v) is 15.7. The molecular weight excluding hydrogens is 385 g/mol. The standard InChI is InChI=1S/C20H17ClFN3O3/c1-2-3-17(26)28-20-18(23)15(8-9-24-20)12-4-6-14(7-5-12)27-19-16(22)10-13(21)11-25-19/h4-11H,2-3,23H2,1H3. The molecule has 0 bridgehead atoms. The lowest BCUT2D eigenvalue weighted by Gasteiger charge is -2.11. The number of esters is 1. The first kappa shape index (κ1) is 19.6. The summed E-state index contributed by atoms with van der Waals surface area (Å²) in [7, 11) is 0. The highest BCUT2D eigenvalue weighted by atomic mass is 35.5. The van der Waals surface area contributed by atoms with Crippen LogP contribution in [0, 0.1) is 5.82 Å². The van der Waals surface area contributed by atoms with E-state index < -0.39 is 5.82 Å². The molecule has 8 heteroatoms. The van der Waals surface area contributed by atoms with Gasteiger partial charge in [-0.2, -0.15) is 0 Å². The van der Waals surface area contributed by atoms with Gasteiger partial charge in [0.2, 0.25) is 5.88 Å². The van der Waals surface area contributed by atoms with Crippen molar-refractivity contribution in [3.8, 4) is 28.6 Å². The molecular formula is C20H17ClFN3O3. The zero-order chi connectivity index (χ0) is 20.1. The van der Waals surface area contributed by atoms with E-state index in [0.717, 1.165) is 11.6 Å². The van der Waals surface area contributed by atoms with Gasteiger partial charge in [-0.15, -0.1) is 0 Å². The molecule has 2 aromatic heterocycles. The summed E-state index contributed by atoms with van der Waals surface area (Å²) in [6.07, 6.45) is 3.76. The monoisotopic (exact) mass is 401 g/mol. The Morgan fingerprint density at radius 2 is 1.93 bits per heavy atom. The van der Waals surface area contributed by atoms with Crippen molar-refractivity contribution >= 4 is 23.3 Å². The first-order chi connectivity index (χ1) is 13.5. The number of ether oxygens (including phenoxy) is 2. The maximum atomic E-state index is 13.8. The van der Waals surface area contributed by atoms with Gasteiger partial charge in [-0.25, -0.2) is 14.4 Å². The van der Waals surface area contributed by atoms with Crippen LogP contribution >= 0.6 is 11.6 Å². The summed E-state index contributed by atoms with van der Waals surface area (Å²) < 4.78 is 24.4. The molecule has 0 atom stereocenters. The number of halogens is 2. The van der Waals surface area contributed by atoms with Gasteiger partial charge in [0.1, 0.15) is 11.4 Å². The number of hydrogen-bond donors (Lipinski definition) is 1. The number of hydrogen-bond acceptors (Lipinski definition) is 6. The Labute approximate surface area is 166 Å². The van der Waals surface area contributed by atoms with Crippen molar-refractivity contribution in [3.63, 3.8) is 0 Å². The van der Waals surface area contributed by atoms with Crippen molar-refractivity contribution in [2.45, 2.75) is 19.8 Å². The normalized spacial score (nSPS) is 10.5. The van der Waals surface area contributed by atoms with Crippen molar-refractivity contribution < 1.29 is 18.7 Å². The van der Waals surface area contributed by atoms with Gasteiger partial charge in [0, 0.05) is 24.4 Å². The Bertz CT molecular complexity index is 996. The van der Waals surface area contributed by atoms with Crippen LogP contribution in [0.1, 0.15) is 19.8 Å². The SMILES string of the molecule is CCCC(=O)Oc1nccc(-c2ccc(Oc3ncc(Cl)cc3F)cc2)c1N. The number of anilines is 1. The average Bonchev–Trinajstić information content (AvgIpc) is 2.67. The second kappa shape index (κ2) is 8.67. The molecule has 0 aliphatic heterocycles. The molecule has 3 rings (SSSR count). The van der Waals surface area contributed by atoms with E-state index in [0.29, 0.717) is 17.7 Å². The van der Waals surface area contributed by atoms with Gasteiger partial charge in [-0.3, -0.25) is 4.79 Å². The van der Waals surface area contributed by atoms with E-state index in [1.807, 2.05) is 6.92 Å². The van der Waals surface area contributed by atoms with Crippen LogP contribution in [0.5, 0.6) is 17.5 Å². The lowest BCUT2D eigenvalue weighted by atomic mass is 10.1. The van der Waals surface area contributed by atoms with Gasteiger partial charge in [0.25, 0.3) is 5.88 Å². The highest BCUT2D eigenvalue weighted by Crippen LogP contribution is 2.33. The Morgan fingerprint density at radius 1 is 1.18 bits per heavy atom. The van der Waals surface area contributed by atoms with Crippen LogP contribution in [-0.4, -0.2) is 15.9 Å². The lowest BCUT2D eigenvalue weighted by molar-refractivity contribution is -0.134. The molecule has 0 spiro atoms. The second-order valence-corrected chi connectivity index (χ2v) is 6.30. The van der Waals surface area contributed by atoms with E-state index in [4.69, 9.17) is 26.8 Å². The van der Waals surface area contributed by atoms with Gasteiger partial charge in [-0.05, 0) is 36.2 Å². The van der Waals surface area contributed by atoms with Gasteiger partial charge in [0.05, 0.1) is 5.02 Å². The van der Waals surface area contributed by atoms with E-state index in [1.165, 1.54) is 12.4 Å². The van der Waals surface area contributed by atoms with E-state index >= 15 is 0 Å². The largest absolute Gasteiger partial charge is 0.436 e. The van der Waals surface area contributed by atoms with Gasteiger partial charge >= 0.3 is 5.97 Å². The number of aromatic nitrogens is 2. The van der Waals surface area contributed by atoms with E-state index in [-0.39, 0.29) is 34.9 Å². The predicted molar refractivity (Wildman–Crippen MR) is 104 cm³/mol. The fourth-order valence-electron chi connectivity index (χ4n) is 2.44. The third kappa shape index (κ3) is 4.55. The minimum absolute atomic E-state index is 0.0729. The minimum Gasteiger partial charge on any atom is -0.436 e. The number of carbonyl (C=O) groups is 1. The van der Waals surface area contributed by atoms with E-state index in [2.05, 4.69) is 9.97 Å². The number of nitrogen functional groups attached to an aromatic ring is 1. The third-order valence-electron chi connectivity index (χ3n) is 3.77. The Morgan fingerprint density at radius 3 is 2.61 bits per heavy atom. The number of pyridine rings is 2. The first-order valence-electron chi connectivity index (χ1n) is 8.52. The average molecular weight is 402 g/mol. The molecule has 144 valence electrons. The molecule has 0 aliphatic rings. The van der Waals surface area contributed by atoms with Crippen LogP contribution in [0.2, 0.25) is 5.02 Å². The predicted octanol–water partition coefficient (Wildman–Crippen LogP) is 5.02. The Hall–Kier alpha value is -3.19. The summed E-state index contributed by atoms with van der Waals surface area (Å²) in [6, 6.07) is 9.61. The number of rotatable bonds is 6. The smallest absolute Gasteiger partial charge is 0.312 e. The van der Waals surface area contributed by atoms with Crippen LogP contribution in [0.3, 0.4) is 0 Å². The van der Waals surface area contributed by atoms with Crippen molar-refractivity contribution in [2.75, 3.05) is 5.73 Å². The summed E-state index contributed by atoms with van der Waals surface area (Å²) in [5, 5.41) is 0.184. The summed E-state index contributed by atoms with van der Waals surface area (Å²) in [4.78, 5) is 19.5. The number of carbonyl (C=O) groups excluding carboxylic acids is 1. The third-order valence-corrected chi connectivity index (χ3v) is 3.98. The zero-order valence-electron chi connectivity index (χ0n) is 15.0. The summed E-state index contributed by atoms with van der Waals surface area (Å²) >= 11 is 5.68. The number of nitrogens with two attached hydrogens (primary N) is 1. The minimum atomic E-state index is -0.659. The Kier molecular flexibility index (Phi) is 6.06. The summed E-state index contributed by atoms with van der Waals surface area (Å²) in [6.45, 7) is 1.88. The van der Waals surface area contributed by atoms with E-state index in [9.17, 15) is 9.18 Å². The summed E-state index contributed by atoms with van der Waals surface area (Å²) in [5.74, 6) is -0.761. The fourth-order valence-corrected chi connectivity index (χ4v) is 2.59. The van der Waals surface area contributed by atoms with Crippen LogP contribution < -0.4 is 15.2 Å². The second-order valence-electron chi connectivity index (χ2n) is 5.87. The highest BCUT2D eigenvalue weighted by Gasteiger charge is 2.13. The molecule has 2 heterocycles. The van der Waals surface area contributed by atoms with Crippen LogP contribution in [0.25, 0.3) is 11.1 Å². The van der Waals surface area contributed by atoms with Crippen LogP contribution in [0.4, 0.5) is 10.1 Å². The molecule has 3 aromatic rings. The lowest BCUT2D eigenvalue weighted by Crippen LogP contribution is -2.10. The molecule has 0 amide bonds. The van der Waals surface area contributed by atoms with Gasteiger partial charge in [-0.1, -0.05) is 30.7 Å². The van der Waals surface area contributed by atoms with E-state index in [1.54, 1.807) is 30.3 Å². The molecule has 2 N–H and O–H groups in total. The van der Waals surface area contributed by atoms with Crippen molar-refractivity contribution in [1.82, 2.24) is 9.97 Å². The highest BCUT2D eigenvalue weighted by molar-refractivity contribution is 6.30. The van der Waals surface area contributed by atoms with Crippen LogP contribution in [-0.2, 0) is 4.79 Å². The quantitative estimate of drug-likeness (QED) is 0.584. The van der Waals surface area contributed by atoms with Crippen molar-refractivity contribution in [3.05, 3.63) is 59.6 Å². The number of benzene rings is 1. The van der Waals surface area contributed by atoms with Crippen molar-refractivity contribution in [1.29, 1.82) is 0 Å². The molecule has 1 aromatic carbocycles. The molecule has 28 heavy (non-hydrogen) atoms. The molecule has 6 nitrogen and oxygen atoms in total. The molecule has 0 aliphatic carbocycles. The number of nitrogens with zero attached hydrogens (tertiary/aromatic N) is 2. The topological polar surface area (TPSA) is 87.3 Å². The van der Waals surface area contributed by atoms with Gasteiger partial charge < -0.3 is 15.2 Å². The molecule has 0 saturated carbocycles. The van der Waals surface area contributed by atoms with Crippen LogP contribution in [0.15, 0.2) is 48.8 Å². The first-order valence-corrected chi connectivity index (χ1v) is 8.90. The van der Waals surface area contributed by atoms with Gasteiger partial charge in [0.15, 0.2) is 5.82 Å². The molecule has 0 unspecified atom stereocenters. The Balaban J connectivity index is 1.80. The maximum Gasteiger partial charge on any atom is 0.312 e. The maximum absolute atomic E-state index is 13.8. The molecule has 0 radical (unpaired) electrons. The molecule has 0 fully saturated rings. The fraction of sp³-hybridized carbons (Fsp3) is 0.150. The summed E-state index contributed by atoms with van der Waals surface area (Å²) in [5.41, 5.74) is 7.77. The van der Waals surface area contributed by atoms with Crippen molar-refractivity contribution in [2.24, 2.45) is 0 Å².